The van der Waals surface area contributed by atoms with Crippen molar-refractivity contribution in [3.05, 3.63) is 96.0 Å². The van der Waals surface area contributed by atoms with Crippen LogP contribution in [0.4, 0.5) is 14.0 Å². The van der Waals surface area contributed by atoms with Crippen LogP contribution >= 0.6 is 0 Å². The predicted octanol–water partition coefficient (Wildman–Crippen LogP) is 7.60. The van der Waals surface area contributed by atoms with Crippen molar-refractivity contribution in [2.45, 2.75) is 89.0 Å². The molecule has 6 unspecified atom stereocenters. The fraction of sp³-hybridized carbons (Fsp3) is 0.404. The Morgan fingerprint density at radius 2 is 1.76 bits per heavy atom. The van der Waals surface area contributed by atoms with E-state index in [0.29, 0.717) is 35.0 Å². The Labute approximate surface area is 363 Å². The smallest absolute Gasteiger partial charge is 0.424 e. The molecular formula is C47H52FN9O6. The van der Waals surface area contributed by atoms with E-state index in [1.54, 1.807) is 17.2 Å². The van der Waals surface area contributed by atoms with Crippen LogP contribution in [0.15, 0.2) is 78.5 Å². The minimum Gasteiger partial charge on any atom is -0.453 e. The van der Waals surface area contributed by atoms with E-state index >= 15 is 4.39 Å². The van der Waals surface area contributed by atoms with E-state index in [1.807, 2.05) is 73.4 Å². The van der Waals surface area contributed by atoms with Crippen LogP contribution in [-0.4, -0.2) is 97.6 Å². The van der Waals surface area contributed by atoms with E-state index in [4.69, 9.17) is 20.3 Å². The predicted molar refractivity (Wildman–Crippen MR) is 234 cm³/mol. The molecule has 6 atom stereocenters. The number of imidazole rings is 2. The number of methoxy groups -OCH3 is 2. The fourth-order valence-corrected chi connectivity index (χ4v) is 10.2. The number of likely N-dealkylation sites (tertiary alicyclic amines) is 2. The number of allylic oxidation sites excluding steroid dienone is 2. The number of hydrogen-bond acceptors (Lipinski definition) is 9. The Balaban J connectivity index is 0.944. The standard InChI is InChI=1S/C47H52FN9O6/c1-25(2)40(57(49)47(61)63-4)45(59)56-31-16-12-30(22-31)41(56)43-50-24-36(52-43)33-18-14-28(23-34(33)48)27-13-17-32-29(21-27)15-19-35-39(32)53-42(51-35)37-11-8-20-55(37)44(58)38(54-46(60)62-3)26-9-6-5-7-10-26/h6,9-10,13-15,17-19,21,23-25,30-31,37-38,40-41H,5,7-8,11-12,16,20,22,49H2,1-4H3,(H,50,52)(H,51,53)(H,54,60). The molecule has 0 radical (unpaired) electrons. The molecule has 2 aromatic heterocycles. The zero-order valence-corrected chi connectivity index (χ0v) is 35.8. The van der Waals surface area contributed by atoms with Gasteiger partial charge in [-0.3, -0.25) is 9.59 Å². The lowest BCUT2D eigenvalue weighted by Gasteiger charge is -2.39. The number of fused-ring (bicyclic) bond motifs is 5. The van der Waals surface area contributed by atoms with Gasteiger partial charge in [0.05, 0.1) is 49.2 Å². The molecule has 63 heavy (non-hydrogen) atoms. The zero-order valence-electron chi connectivity index (χ0n) is 35.8. The quantitative estimate of drug-likeness (QED) is 0.0622. The Kier molecular flexibility index (Phi) is 11.2. The molecule has 4 heterocycles. The monoisotopic (exact) mass is 857 g/mol. The number of carbonyl (C=O) groups is 4. The number of aromatic nitrogens is 4. The van der Waals surface area contributed by atoms with E-state index in [1.165, 1.54) is 20.3 Å². The number of ether oxygens (including phenoxy) is 2. The van der Waals surface area contributed by atoms with Crippen LogP contribution in [0.2, 0.25) is 0 Å². The molecule has 2 bridgehead atoms. The molecule has 2 aliphatic heterocycles. The van der Waals surface area contributed by atoms with Crippen LogP contribution in [0.25, 0.3) is 44.2 Å². The van der Waals surface area contributed by atoms with Crippen molar-refractivity contribution >= 4 is 45.8 Å². The number of nitrogens with one attached hydrogen (secondary N) is 3. The molecule has 328 valence electrons. The SMILES string of the molecule is COC(=O)NC(C(=O)N1CCCC1c1nc2c(ccc3cc(-c4ccc(-c5cnc(C6C7CCC(C7)N6C(=O)C(C(C)C)N(N)C(=O)OC)[nH]5)c(F)c4)ccc32)[nH]1)C1=CCCC=C1. The molecule has 4 amide bonds. The maximum absolute atomic E-state index is 16.1. The molecular weight excluding hydrogens is 806 g/mol. The molecule has 2 saturated heterocycles. The first-order chi connectivity index (χ1) is 30.4. The summed E-state index contributed by atoms with van der Waals surface area (Å²) < 4.78 is 25.8. The molecule has 2 aliphatic carbocycles. The summed E-state index contributed by atoms with van der Waals surface area (Å²) in [5.74, 6) is 6.37. The number of rotatable bonds is 10. The average Bonchev–Trinajstić information content (AvgIpc) is 4.16. The van der Waals surface area contributed by atoms with Gasteiger partial charge in [0.1, 0.15) is 29.5 Å². The summed E-state index contributed by atoms with van der Waals surface area (Å²) >= 11 is 0. The summed E-state index contributed by atoms with van der Waals surface area (Å²) in [5.41, 5.74) is 4.71. The number of benzene rings is 3. The number of piperidine rings is 1. The Hall–Kier alpha value is -6.55. The number of nitrogens with two attached hydrogens (primary N) is 1. The van der Waals surface area contributed by atoms with Gasteiger partial charge in [-0.25, -0.2) is 34.8 Å². The first-order valence-electron chi connectivity index (χ1n) is 21.7. The van der Waals surface area contributed by atoms with Crippen LogP contribution in [-0.2, 0) is 19.1 Å². The van der Waals surface area contributed by atoms with Gasteiger partial charge in [-0.1, -0.05) is 56.3 Å². The van der Waals surface area contributed by atoms with Crippen molar-refractivity contribution in [2.75, 3.05) is 20.8 Å². The highest BCUT2D eigenvalue weighted by Gasteiger charge is 2.52. The van der Waals surface area contributed by atoms with Crippen LogP contribution in [0.3, 0.4) is 0 Å². The lowest BCUT2D eigenvalue weighted by Crippen LogP contribution is -2.58. The van der Waals surface area contributed by atoms with Crippen LogP contribution in [0.5, 0.6) is 0 Å². The molecule has 16 heteroatoms. The number of halogens is 1. The maximum atomic E-state index is 16.1. The second kappa shape index (κ2) is 17.0. The zero-order chi connectivity index (χ0) is 44.1. The van der Waals surface area contributed by atoms with E-state index < -0.39 is 30.1 Å². The summed E-state index contributed by atoms with van der Waals surface area (Å²) in [6.45, 7) is 4.21. The number of amides is 4. The van der Waals surface area contributed by atoms with Gasteiger partial charge in [-0.2, -0.15) is 0 Å². The third-order valence-electron chi connectivity index (χ3n) is 13.3. The topological polar surface area (TPSA) is 192 Å². The Bertz CT molecular complexity index is 2670. The molecule has 5 aromatic rings. The molecule has 5 N–H and O–H groups in total. The van der Waals surface area contributed by atoms with Crippen molar-refractivity contribution in [3.8, 4) is 22.4 Å². The highest BCUT2D eigenvalue weighted by atomic mass is 19.1. The highest BCUT2D eigenvalue weighted by Crippen LogP contribution is 2.50. The number of aromatic amines is 2. The van der Waals surface area contributed by atoms with Crippen LogP contribution in [0.1, 0.15) is 82.5 Å². The van der Waals surface area contributed by atoms with Crippen molar-refractivity contribution < 1.29 is 33.0 Å². The summed E-state index contributed by atoms with van der Waals surface area (Å²) in [6.07, 6.45) is 11.8. The lowest BCUT2D eigenvalue weighted by molar-refractivity contribution is -0.143. The third kappa shape index (κ3) is 7.59. The van der Waals surface area contributed by atoms with Gasteiger partial charge in [0, 0.05) is 23.5 Å². The van der Waals surface area contributed by atoms with Gasteiger partial charge in [0.2, 0.25) is 5.91 Å². The normalized spacial score (nSPS) is 21.5. The molecule has 0 spiro atoms. The van der Waals surface area contributed by atoms with E-state index in [2.05, 4.69) is 20.3 Å². The minimum atomic E-state index is -0.920. The molecule has 4 aliphatic rings. The summed E-state index contributed by atoms with van der Waals surface area (Å²) in [6, 6.07) is 12.6. The summed E-state index contributed by atoms with van der Waals surface area (Å²) in [4.78, 5) is 73.0. The number of alkyl carbamates (subject to hydrolysis) is 1. The third-order valence-corrected chi connectivity index (χ3v) is 13.3. The first-order valence-corrected chi connectivity index (χ1v) is 21.7. The maximum Gasteiger partial charge on any atom is 0.424 e. The second-order valence-corrected chi connectivity index (χ2v) is 17.3. The molecule has 9 rings (SSSR count). The average molecular weight is 858 g/mol. The molecule has 3 aromatic carbocycles. The Morgan fingerprint density at radius 3 is 2.51 bits per heavy atom. The van der Waals surface area contributed by atoms with Crippen molar-refractivity contribution in [1.82, 2.24) is 40.1 Å². The number of H-pyrrole nitrogens is 2. The largest absolute Gasteiger partial charge is 0.453 e. The van der Waals surface area contributed by atoms with Crippen molar-refractivity contribution in [1.29, 1.82) is 0 Å². The number of nitrogens with zero attached hydrogens (tertiary/aromatic N) is 5. The number of hydrazine groups is 1. The van der Waals surface area contributed by atoms with E-state index in [0.717, 1.165) is 82.9 Å². The van der Waals surface area contributed by atoms with Crippen molar-refractivity contribution in [3.63, 3.8) is 0 Å². The highest BCUT2D eigenvalue weighted by molar-refractivity contribution is 6.05. The molecule has 1 saturated carbocycles. The molecule has 15 nitrogen and oxygen atoms in total. The fourth-order valence-electron chi connectivity index (χ4n) is 10.2. The van der Waals surface area contributed by atoms with Gasteiger partial charge >= 0.3 is 12.2 Å². The van der Waals surface area contributed by atoms with Crippen LogP contribution in [0, 0.1) is 17.7 Å². The lowest BCUT2D eigenvalue weighted by atomic mass is 9.95. The van der Waals surface area contributed by atoms with Gasteiger partial charge in [-0.15, -0.1) is 0 Å². The van der Waals surface area contributed by atoms with E-state index in [-0.39, 0.29) is 41.8 Å². The van der Waals surface area contributed by atoms with Crippen LogP contribution < -0.4 is 11.2 Å². The van der Waals surface area contributed by atoms with Gasteiger partial charge in [0.15, 0.2) is 0 Å². The molecule has 3 fully saturated rings. The van der Waals surface area contributed by atoms with Gasteiger partial charge in [0.25, 0.3) is 5.91 Å². The van der Waals surface area contributed by atoms with Crippen molar-refractivity contribution in [2.24, 2.45) is 17.7 Å². The second-order valence-electron chi connectivity index (χ2n) is 17.3. The van der Waals surface area contributed by atoms with E-state index in [9.17, 15) is 19.2 Å². The Morgan fingerprint density at radius 1 is 0.952 bits per heavy atom. The van der Waals surface area contributed by atoms with Gasteiger partial charge < -0.3 is 34.6 Å². The number of hydrogen-bond donors (Lipinski definition) is 4. The minimum absolute atomic E-state index is 0.0101. The summed E-state index contributed by atoms with van der Waals surface area (Å²) in [5, 5.41) is 5.46. The number of carbonyl (C=O) groups excluding carboxylic acids is 4. The first kappa shape index (κ1) is 41.8. The summed E-state index contributed by atoms with van der Waals surface area (Å²) in [7, 11) is 2.51. The van der Waals surface area contributed by atoms with Gasteiger partial charge in [-0.05, 0) is 103 Å².